The first-order chi connectivity index (χ1) is 13.2. The zero-order valence-electron chi connectivity index (χ0n) is 15.4. The molecule has 0 aliphatic rings. The normalized spacial score (nSPS) is 10.4. The van der Waals surface area contributed by atoms with Crippen molar-refractivity contribution in [3.63, 3.8) is 0 Å². The number of urea groups is 1. The fraction of sp³-hybridized carbons (Fsp3) is 0.238. The molecule has 0 bridgehead atoms. The number of hydrogen-bond donors (Lipinski definition) is 1. The molecule has 0 saturated carbocycles. The number of para-hydroxylation sites is 1. The second-order valence-electron chi connectivity index (χ2n) is 6.18. The summed E-state index contributed by atoms with van der Waals surface area (Å²) in [5.74, 6) is 0.810. The lowest BCUT2D eigenvalue weighted by Crippen LogP contribution is -2.40. The number of carbonyl (C=O) groups excluding carboxylic acids is 1. The molecule has 2 amide bonds. The Morgan fingerprint density at radius 1 is 1.11 bits per heavy atom. The largest absolute Gasteiger partial charge is 0.492 e. The molecule has 6 heteroatoms. The highest BCUT2D eigenvalue weighted by molar-refractivity contribution is 5.73. The average Bonchev–Trinajstić information content (AvgIpc) is 3.24. The minimum absolute atomic E-state index is 0.0974. The van der Waals surface area contributed by atoms with E-state index < -0.39 is 0 Å². The van der Waals surface area contributed by atoms with E-state index in [1.165, 1.54) is 5.56 Å². The van der Waals surface area contributed by atoms with Crippen molar-refractivity contribution in [3.8, 4) is 11.4 Å². The van der Waals surface area contributed by atoms with Crippen LogP contribution in [0.5, 0.6) is 5.75 Å². The fourth-order valence-electron chi connectivity index (χ4n) is 2.60. The average molecular weight is 364 g/mol. The Hall–Kier alpha value is -3.28. The van der Waals surface area contributed by atoms with Crippen LogP contribution < -0.4 is 10.1 Å². The van der Waals surface area contributed by atoms with Crippen molar-refractivity contribution < 1.29 is 9.53 Å². The number of carbonyl (C=O) groups is 1. The van der Waals surface area contributed by atoms with E-state index in [2.05, 4.69) is 22.5 Å². The molecule has 27 heavy (non-hydrogen) atoms. The maximum absolute atomic E-state index is 12.1. The smallest absolute Gasteiger partial charge is 0.317 e. The first-order valence-electron chi connectivity index (χ1n) is 8.98. The van der Waals surface area contributed by atoms with Crippen molar-refractivity contribution >= 4 is 6.03 Å². The van der Waals surface area contributed by atoms with Gasteiger partial charge in [-0.15, -0.1) is 0 Å². The third kappa shape index (κ3) is 5.60. The van der Waals surface area contributed by atoms with E-state index in [-0.39, 0.29) is 6.03 Å². The van der Waals surface area contributed by atoms with Gasteiger partial charge in [-0.25, -0.2) is 9.48 Å². The van der Waals surface area contributed by atoms with E-state index in [1.54, 1.807) is 18.1 Å². The Morgan fingerprint density at radius 2 is 1.89 bits per heavy atom. The molecule has 0 aliphatic heterocycles. The van der Waals surface area contributed by atoms with Crippen molar-refractivity contribution in [1.29, 1.82) is 0 Å². The van der Waals surface area contributed by atoms with E-state index in [1.807, 2.05) is 59.4 Å². The number of aromatic nitrogens is 2. The number of nitrogens with one attached hydrogen (secondary N) is 1. The first-order valence-corrected chi connectivity index (χ1v) is 8.98. The third-order valence-corrected chi connectivity index (χ3v) is 4.18. The van der Waals surface area contributed by atoms with Crippen LogP contribution >= 0.6 is 0 Å². The lowest BCUT2D eigenvalue weighted by atomic mass is 10.1. The number of ether oxygens (including phenoxy) is 1. The van der Waals surface area contributed by atoms with Crippen molar-refractivity contribution in [1.82, 2.24) is 20.0 Å². The molecule has 1 N–H and O–H groups in total. The Kier molecular flexibility index (Phi) is 6.46. The number of rotatable bonds is 8. The van der Waals surface area contributed by atoms with Crippen LogP contribution in [-0.4, -0.2) is 47.5 Å². The molecule has 6 nitrogen and oxygen atoms in total. The van der Waals surface area contributed by atoms with Crippen LogP contribution in [0.4, 0.5) is 4.79 Å². The van der Waals surface area contributed by atoms with Crippen LogP contribution in [-0.2, 0) is 6.42 Å². The Labute approximate surface area is 159 Å². The SMILES string of the molecule is CN(CCOc1ccccc1)C(=O)NCCc1ccc(-n2cccn2)cc1. The summed E-state index contributed by atoms with van der Waals surface area (Å²) in [6.07, 6.45) is 4.44. The second kappa shape index (κ2) is 9.43. The molecule has 140 valence electrons. The highest BCUT2D eigenvalue weighted by Crippen LogP contribution is 2.09. The van der Waals surface area contributed by atoms with Gasteiger partial charge in [-0.05, 0) is 42.3 Å². The third-order valence-electron chi connectivity index (χ3n) is 4.18. The van der Waals surface area contributed by atoms with Crippen molar-refractivity contribution in [3.05, 3.63) is 78.6 Å². The second-order valence-corrected chi connectivity index (χ2v) is 6.18. The van der Waals surface area contributed by atoms with Crippen molar-refractivity contribution in [2.45, 2.75) is 6.42 Å². The van der Waals surface area contributed by atoms with Gasteiger partial charge in [-0.2, -0.15) is 5.10 Å². The summed E-state index contributed by atoms with van der Waals surface area (Å²) < 4.78 is 7.43. The van der Waals surface area contributed by atoms with Crippen molar-refractivity contribution in [2.24, 2.45) is 0 Å². The first kappa shape index (κ1) is 18.5. The van der Waals surface area contributed by atoms with E-state index in [0.29, 0.717) is 19.7 Å². The van der Waals surface area contributed by atoms with Crippen LogP contribution in [0.2, 0.25) is 0 Å². The molecule has 3 aromatic rings. The number of benzene rings is 2. The van der Waals surface area contributed by atoms with E-state index in [4.69, 9.17) is 4.74 Å². The number of hydrogen-bond acceptors (Lipinski definition) is 3. The standard InChI is InChI=1S/C21H24N4O2/c1-24(16-17-27-20-6-3-2-4-7-20)21(26)22-14-12-18-8-10-19(11-9-18)25-15-5-13-23-25/h2-11,13,15H,12,14,16-17H2,1H3,(H,22,26). The zero-order valence-corrected chi connectivity index (χ0v) is 15.4. The molecule has 0 aliphatic carbocycles. The summed E-state index contributed by atoms with van der Waals surface area (Å²) in [5, 5.41) is 7.14. The molecule has 0 saturated heterocycles. The van der Waals surface area contributed by atoms with Crippen LogP contribution in [0.25, 0.3) is 5.69 Å². The molecule has 0 radical (unpaired) electrons. The Bertz CT molecular complexity index is 817. The lowest BCUT2D eigenvalue weighted by molar-refractivity contribution is 0.195. The molecule has 0 fully saturated rings. The van der Waals surface area contributed by atoms with Crippen LogP contribution in [0.15, 0.2) is 73.1 Å². The van der Waals surface area contributed by atoms with E-state index in [9.17, 15) is 4.79 Å². The summed E-state index contributed by atoms with van der Waals surface area (Å²) in [6, 6.07) is 19.5. The van der Waals surface area contributed by atoms with Gasteiger partial charge < -0.3 is 15.0 Å². The molecule has 2 aromatic carbocycles. The molecule has 0 spiro atoms. The number of amides is 2. The van der Waals surface area contributed by atoms with Gasteiger partial charge in [0.15, 0.2) is 0 Å². The molecule has 0 unspecified atom stereocenters. The molecular weight excluding hydrogens is 340 g/mol. The zero-order chi connectivity index (χ0) is 18.9. The number of nitrogens with zero attached hydrogens (tertiary/aromatic N) is 3. The minimum Gasteiger partial charge on any atom is -0.492 e. The van der Waals surface area contributed by atoms with Gasteiger partial charge in [-0.1, -0.05) is 30.3 Å². The Balaban J connectivity index is 1.36. The summed E-state index contributed by atoms with van der Waals surface area (Å²) in [5.41, 5.74) is 2.19. The minimum atomic E-state index is -0.0974. The van der Waals surface area contributed by atoms with Gasteiger partial charge in [0, 0.05) is 26.0 Å². The summed E-state index contributed by atoms with van der Waals surface area (Å²) in [4.78, 5) is 13.8. The Morgan fingerprint density at radius 3 is 2.59 bits per heavy atom. The van der Waals surface area contributed by atoms with Gasteiger partial charge in [0.1, 0.15) is 12.4 Å². The van der Waals surface area contributed by atoms with Gasteiger partial charge in [0.05, 0.1) is 12.2 Å². The predicted octanol–water partition coefficient (Wildman–Crippen LogP) is 3.14. The maximum Gasteiger partial charge on any atom is 0.317 e. The van der Waals surface area contributed by atoms with Crippen LogP contribution in [0, 0.1) is 0 Å². The van der Waals surface area contributed by atoms with E-state index in [0.717, 1.165) is 17.9 Å². The quantitative estimate of drug-likeness (QED) is 0.668. The molecule has 0 atom stereocenters. The van der Waals surface area contributed by atoms with E-state index >= 15 is 0 Å². The highest BCUT2D eigenvalue weighted by Gasteiger charge is 2.07. The molecular formula is C21H24N4O2. The van der Waals surface area contributed by atoms with Gasteiger partial charge in [0.25, 0.3) is 0 Å². The van der Waals surface area contributed by atoms with Gasteiger partial charge in [0.2, 0.25) is 0 Å². The monoisotopic (exact) mass is 364 g/mol. The topological polar surface area (TPSA) is 59.4 Å². The van der Waals surface area contributed by atoms with Crippen molar-refractivity contribution in [2.75, 3.05) is 26.7 Å². The van der Waals surface area contributed by atoms with Gasteiger partial charge >= 0.3 is 6.03 Å². The maximum atomic E-state index is 12.1. The summed E-state index contributed by atoms with van der Waals surface area (Å²) >= 11 is 0. The summed E-state index contributed by atoms with van der Waals surface area (Å²) in [7, 11) is 1.77. The predicted molar refractivity (Wildman–Crippen MR) is 105 cm³/mol. The number of likely N-dealkylation sites (N-methyl/N-ethyl adjacent to an activating group) is 1. The molecule has 1 heterocycles. The lowest BCUT2D eigenvalue weighted by Gasteiger charge is -2.18. The van der Waals surface area contributed by atoms with Crippen LogP contribution in [0.1, 0.15) is 5.56 Å². The molecule has 3 rings (SSSR count). The highest BCUT2D eigenvalue weighted by atomic mass is 16.5. The molecule has 1 aromatic heterocycles. The fourth-order valence-corrected chi connectivity index (χ4v) is 2.60. The summed E-state index contributed by atoms with van der Waals surface area (Å²) in [6.45, 7) is 1.58. The van der Waals surface area contributed by atoms with Crippen LogP contribution in [0.3, 0.4) is 0 Å². The van der Waals surface area contributed by atoms with Gasteiger partial charge in [-0.3, -0.25) is 0 Å².